The molecule has 3 N–H and O–H groups in total. The molecule has 0 saturated carbocycles. The minimum Gasteiger partial charge on any atom is -0.352 e. The highest BCUT2D eigenvalue weighted by Crippen LogP contribution is 2.11. The van der Waals surface area contributed by atoms with Crippen molar-refractivity contribution in [1.82, 2.24) is 5.32 Å². The minimum atomic E-state index is -0.504. The van der Waals surface area contributed by atoms with Gasteiger partial charge in [0.1, 0.15) is 5.78 Å². The van der Waals surface area contributed by atoms with Crippen LogP contribution in [0, 0.1) is 5.92 Å². The summed E-state index contributed by atoms with van der Waals surface area (Å²) < 4.78 is 0. The lowest BCUT2D eigenvalue weighted by molar-refractivity contribution is -0.121. The average Bonchev–Trinajstić information content (AvgIpc) is 2.03. The zero-order valence-electron chi connectivity index (χ0n) is 8.30. The van der Waals surface area contributed by atoms with Crippen LogP contribution in [0.2, 0.25) is 0 Å². The van der Waals surface area contributed by atoms with Crippen molar-refractivity contribution < 1.29 is 9.59 Å². The van der Waals surface area contributed by atoms with Gasteiger partial charge in [0.2, 0.25) is 0 Å². The minimum absolute atomic E-state index is 0.134. The lowest BCUT2D eigenvalue weighted by atomic mass is 9.96. The van der Waals surface area contributed by atoms with Gasteiger partial charge in [-0.2, -0.15) is 0 Å². The Morgan fingerprint density at radius 3 is 2.46 bits per heavy atom. The van der Waals surface area contributed by atoms with Gasteiger partial charge in [0, 0.05) is 12.5 Å². The van der Waals surface area contributed by atoms with Crippen molar-refractivity contribution in [3.05, 3.63) is 0 Å². The largest absolute Gasteiger partial charge is 0.352 e. The third-order valence-electron chi connectivity index (χ3n) is 2.10. The number of nitrogens with two attached hydrogens (primary N) is 1. The van der Waals surface area contributed by atoms with Gasteiger partial charge in [0.25, 0.3) is 0 Å². The van der Waals surface area contributed by atoms with E-state index >= 15 is 0 Å². The summed E-state index contributed by atoms with van der Waals surface area (Å²) in [4.78, 5) is 21.3. The van der Waals surface area contributed by atoms with E-state index < -0.39 is 6.03 Å². The van der Waals surface area contributed by atoms with E-state index in [1.807, 2.05) is 6.92 Å². The number of Topliss-reactive ketones (excluding diaryl/α,β-unsaturated/α-hetero) is 1. The summed E-state index contributed by atoms with van der Waals surface area (Å²) >= 11 is 0. The predicted octanol–water partition coefficient (Wildman–Crippen LogP) is 1.05. The molecular formula is C9H18N2O2. The number of carbonyl (C=O) groups is 2. The monoisotopic (exact) mass is 186 g/mol. The smallest absolute Gasteiger partial charge is 0.312 e. The van der Waals surface area contributed by atoms with Gasteiger partial charge in [0.15, 0.2) is 0 Å². The molecule has 2 amide bonds. The number of hydrogen-bond donors (Lipinski definition) is 2. The second-order valence-electron chi connectivity index (χ2n) is 3.15. The standard InChI is InChI=1S/C9H18N2O2/c1-3-8(7(2)12)5-4-6-11-9(10)13/h8H,3-6H2,1-2H3,(H3,10,11,13)/t8-/m1/s1. The first-order valence-corrected chi connectivity index (χ1v) is 4.61. The predicted molar refractivity (Wildman–Crippen MR) is 51.3 cm³/mol. The number of rotatable bonds is 6. The van der Waals surface area contributed by atoms with Crippen molar-refractivity contribution >= 4 is 11.8 Å². The first kappa shape index (κ1) is 11.9. The summed E-state index contributed by atoms with van der Waals surface area (Å²) in [6, 6.07) is -0.504. The van der Waals surface area contributed by atoms with Gasteiger partial charge in [-0.3, -0.25) is 4.79 Å². The quantitative estimate of drug-likeness (QED) is 0.608. The maximum Gasteiger partial charge on any atom is 0.312 e. The van der Waals surface area contributed by atoms with Gasteiger partial charge < -0.3 is 11.1 Å². The van der Waals surface area contributed by atoms with E-state index in [9.17, 15) is 9.59 Å². The second kappa shape index (κ2) is 6.46. The van der Waals surface area contributed by atoms with Crippen molar-refractivity contribution in [3.63, 3.8) is 0 Å². The Morgan fingerprint density at radius 1 is 1.46 bits per heavy atom. The summed E-state index contributed by atoms with van der Waals surface area (Å²) in [5.74, 6) is 0.358. The molecule has 4 nitrogen and oxygen atoms in total. The van der Waals surface area contributed by atoms with Gasteiger partial charge >= 0.3 is 6.03 Å². The van der Waals surface area contributed by atoms with Crippen molar-refractivity contribution in [2.45, 2.75) is 33.1 Å². The molecule has 0 aromatic carbocycles. The van der Waals surface area contributed by atoms with Crippen LogP contribution in [0.25, 0.3) is 0 Å². The molecule has 0 bridgehead atoms. The first-order chi connectivity index (χ1) is 6.07. The van der Waals surface area contributed by atoms with Crippen LogP contribution in [0.4, 0.5) is 4.79 Å². The lowest BCUT2D eigenvalue weighted by Gasteiger charge is -2.10. The molecule has 0 aliphatic carbocycles. The highest BCUT2D eigenvalue weighted by molar-refractivity contribution is 5.78. The average molecular weight is 186 g/mol. The Bertz CT molecular complexity index is 180. The molecule has 0 aromatic rings. The normalized spacial score (nSPS) is 12.2. The fraction of sp³-hybridized carbons (Fsp3) is 0.778. The number of primary amides is 1. The molecule has 0 heterocycles. The molecule has 76 valence electrons. The zero-order valence-corrected chi connectivity index (χ0v) is 8.30. The van der Waals surface area contributed by atoms with Crippen LogP contribution in [0.15, 0.2) is 0 Å². The Balaban J connectivity index is 3.50. The van der Waals surface area contributed by atoms with E-state index in [0.717, 1.165) is 19.3 Å². The summed E-state index contributed by atoms with van der Waals surface area (Å²) in [6.07, 6.45) is 2.50. The van der Waals surface area contributed by atoms with E-state index in [-0.39, 0.29) is 11.7 Å². The van der Waals surface area contributed by atoms with Gasteiger partial charge in [-0.1, -0.05) is 6.92 Å². The van der Waals surface area contributed by atoms with E-state index in [1.165, 1.54) is 0 Å². The summed E-state index contributed by atoms with van der Waals surface area (Å²) in [7, 11) is 0. The molecule has 0 aliphatic rings. The van der Waals surface area contributed by atoms with E-state index in [4.69, 9.17) is 5.73 Å². The van der Waals surface area contributed by atoms with Crippen LogP contribution in [0.5, 0.6) is 0 Å². The van der Waals surface area contributed by atoms with Gasteiger partial charge in [-0.25, -0.2) is 4.79 Å². The molecule has 0 aliphatic heterocycles. The van der Waals surface area contributed by atoms with Crippen LogP contribution >= 0.6 is 0 Å². The van der Waals surface area contributed by atoms with Crippen LogP contribution in [0.1, 0.15) is 33.1 Å². The molecule has 0 aromatic heterocycles. The Labute approximate surface area is 78.9 Å². The fourth-order valence-corrected chi connectivity index (χ4v) is 1.25. The third-order valence-corrected chi connectivity index (χ3v) is 2.10. The molecule has 0 radical (unpaired) electrons. The molecular weight excluding hydrogens is 168 g/mol. The van der Waals surface area contributed by atoms with Crippen LogP contribution < -0.4 is 11.1 Å². The molecule has 0 saturated heterocycles. The van der Waals surface area contributed by atoms with Crippen LogP contribution in [-0.4, -0.2) is 18.4 Å². The molecule has 0 rings (SSSR count). The number of amides is 2. The number of hydrogen-bond acceptors (Lipinski definition) is 2. The zero-order chi connectivity index (χ0) is 10.3. The molecule has 1 atom stereocenters. The molecule has 0 fully saturated rings. The second-order valence-corrected chi connectivity index (χ2v) is 3.15. The Kier molecular flexibility index (Phi) is 5.93. The van der Waals surface area contributed by atoms with Crippen LogP contribution in [0.3, 0.4) is 0 Å². The van der Waals surface area contributed by atoms with Crippen LogP contribution in [-0.2, 0) is 4.79 Å². The van der Waals surface area contributed by atoms with Crippen molar-refractivity contribution in [3.8, 4) is 0 Å². The molecule has 13 heavy (non-hydrogen) atoms. The number of carbonyl (C=O) groups excluding carboxylic acids is 2. The van der Waals surface area contributed by atoms with Crippen molar-refractivity contribution in [2.24, 2.45) is 11.7 Å². The fourth-order valence-electron chi connectivity index (χ4n) is 1.25. The number of nitrogens with one attached hydrogen (secondary N) is 1. The van der Waals surface area contributed by atoms with E-state index in [1.54, 1.807) is 6.92 Å². The lowest BCUT2D eigenvalue weighted by Crippen LogP contribution is -2.30. The van der Waals surface area contributed by atoms with Gasteiger partial charge in [-0.15, -0.1) is 0 Å². The highest BCUT2D eigenvalue weighted by Gasteiger charge is 2.10. The topological polar surface area (TPSA) is 72.2 Å². The van der Waals surface area contributed by atoms with Crippen molar-refractivity contribution in [2.75, 3.05) is 6.54 Å². The van der Waals surface area contributed by atoms with E-state index in [0.29, 0.717) is 6.54 Å². The Hall–Kier alpha value is -1.06. The first-order valence-electron chi connectivity index (χ1n) is 4.61. The summed E-state index contributed by atoms with van der Waals surface area (Å²) in [6.45, 7) is 4.16. The maximum absolute atomic E-state index is 11.0. The van der Waals surface area contributed by atoms with E-state index in [2.05, 4.69) is 5.32 Å². The summed E-state index contributed by atoms with van der Waals surface area (Å²) in [5.41, 5.74) is 4.88. The van der Waals surface area contributed by atoms with Gasteiger partial charge in [0.05, 0.1) is 0 Å². The number of urea groups is 1. The molecule has 0 spiro atoms. The third kappa shape index (κ3) is 6.13. The van der Waals surface area contributed by atoms with Gasteiger partial charge in [-0.05, 0) is 26.2 Å². The highest BCUT2D eigenvalue weighted by atomic mass is 16.2. The number of ketones is 1. The summed E-state index contributed by atoms with van der Waals surface area (Å²) in [5, 5.41) is 2.49. The maximum atomic E-state index is 11.0. The SMILES string of the molecule is CC[C@H](CCCNC(N)=O)C(C)=O. The molecule has 0 unspecified atom stereocenters. The Morgan fingerprint density at radius 2 is 2.08 bits per heavy atom. The molecule has 4 heteroatoms. The van der Waals surface area contributed by atoms with Crippen molar-refractivity contribution in [1.29, 1.82) is 0 Å².